The van der Waals surface area contributed by atoms with Crippen LogP contribution in [0.1, 0.15) is 19.4 Å². The third-order valence-corrected chi connectivity index (χ3v) is 2.99. The van der Waals surface area contributed by atoms with E-state index in [9.17, 15) is 4.79 Å². The minimum absolute atomic E-state index is 0.329. The Morgan fingerprint density at radius 1 is 1.11 bits per heavy atom. The lowest BCUT2D eigenvalue weighted by molar-refractivity contribution is 0.322. The number of methoxy groups -OCH3 is 3. The zero-order chi connectivity index (χ0) is 14.5. The molecule has 0 radical (unpaired) electrons. The molecule has 0 aliphatic carbocycles. The Kier molecular flexibility index (Phi) is 4.95. The maximum atomic E-state index is 10.3. The highest BCUT2D eigenvalue weighted by atomic mass is 16.5. The molecule has 0 bridgehead atoms. The number of rotatable bonds is 6. The maximum absolute atomic E-state index is 10.3. The fourth-order valence-corrected chi connectivity index (χ4v) is 1.79. The van der Waals surface area contributed by atoms with E-state index in [1.165, 1.54) is 0 Å². The van der Waals surface area contributed by atoms with E-state index in [1.807, 2.05) is 26.0 Å². The minimum atomic E-state index is -0.329. The summed E-state index contributed by atoms with van der Waals surface area (Å²) in [6, 6.07) is 3.73. The number of isocyanates is 1. The van der Waals surface area contributed by atoms with Crippen molar-refractivity contribution < 1.29 is 19.0 Å². The largest absolute Gasteiger partial charge is 0.493 e. The van der Waals surface area contributed by atoms with Gasteiger partial charge in [0.2, 0.25) is 11.8 Å². The molecule has 0 amide bonds. The Morgan fingerprint density at radius 3 is 2.00 bits per heavy atom. The molecular formula is C14H19NO4. The molecule has 1 rings (SSSR count). The van der Waals surface area contributed by atoms with Crippen LogP contribution in [0.5, 0.6) is 17.2 Å². The number of benzene rings is 1. The standard InChI is InChI=1S/C14H19NO4/c1-14(2,8-15-9-16)10-6-11(17-3)13(19-5)12(7-10)18-4/h6-7H,8H2,1-5H3. The van der Waals surface area contributed by atoms with Crippen molar-refractivity contribution in [3.05, 3.63) is 17.7 Å². The quantitative estimate of drug-likeness (QED) is 0.585. The fraction of sp³-hybridized carbons (Fsp3) is 0.500. The minimum Gasteiger partial charge on any atom is -0.493 e. The Balaban J connectivity index is 3.33. The van der Waals surface area contributed by atoms with Gasteiger partial charge < -0.3 is 14.2 Å². The van der Waals surface area contributed by atoms with Gasteiger partial charge in [0.1, 0.15) is 0 Å². The number of aliphatic imine (C=N–C) groups is 1. The molecule has 1 aromatic carbocycles. The van der Waals surface area contributed by atoms with E-state index in [0.717, 1.165) is 5.56 Å². The van der Waals surface area contributed by atoms with Crippen molar-refractivity contribution in [3.8, 4) is 17.2 Å². The van der Waals surface area contributed by atoms with Crippen LogP contribution >= 0.6 is 0 Å². The molecule has 1 aromatic rings. The van der Waals surface area contributed by atoms with Crippen molar-refractivity contribution in [3.63, 3.8) is 0 Å². The number of hydrogen-bond donors (Lipinski definition) is 0. The second-order valence-electron chi connectivity index (χ2n) is 4.71. The van der Waals surface area contributed by atoms with Gasteiger partial charge in [0.15, 0.2) is 11.5 Å². The topological polar surface area (TPSA) is 57.1 Å². The monoisotopic (exact) mass is 265 g/mol. The zero-order valence-electron chi connectivity index (χ0n) is 11.9. The summed E-state index contributed by atoms with van der Waals surface area (Å²) in [4.78, 5) is 13.9. The van der Waals surface area contributed by atoms with E-state index >= 15 is 0 Å². The number of carbonyl (C=O) groups excluding carboxylic acids is 1. The van der Waals surface area contributed by atoms with Crippen molar-refractivity contribution in [2.45, 2.75) is 19.3 Å². The third kappa shape index (κ3) is 3.26. The summed E-state index contributed by atoms with van der Waals surface area (Å²) in [5.74, 6) is 1.71. The third-order valence-electron chi connectivity index (χ3n) is 2.99. The van der Waals surface area contributed by atoms with E-state index in [0.29, 0.717) is 23.8 Å². The lowest BCUT2D eigenvalue weighted by atomic mass is 9.84. The lowest BCUT2D eigenvalue weighted by Crippen LogP contribution is -2.21. The molecule has 0 N–H and O–H groups in total. The first-order valence-corrected chi connectivity index (χ1v) is 5.84. The summed E-state index contributed by atoms with van der Waals surface area (Å²) in [5, 5.41) is 0. The van der Waals surface area contributed by atoms with Gasteiger partial charge in [-0.3, -0.25) is 0 Å². The first kappa shape index (κ1) is 15.1. The van der Waals surface area contributed by atoms with Crippen molar-refractivity contribution >= 4 is 6.08 Å². The highest BCUT2D eigenvalue weighted by Gasteiger charge is 2.24. The predicted molar refractivity (Wildman–Crippen MR) is 72.1 cm³/mol. The summed E-state index contributed by atoms with van der Waals surface area (Å²) in [6.07, 6.45) is 1.56. The van der Waals surface area contributed by atoms with Crippen LogP contribution in [-0.2, 0) is 10.2 Å². The molecule has 0 aromatic heterocycles. The van der Waals surface area contributed by atoms with Crippen molar-refractivity contribution in [1.29, 1.82) is 0 Å². The second kappa shape index (κ2) is 6.25. The second-order valence-corrected chi connectivity index (χ2v) is 4.71. The maximum Gasteiger partial charge on any atom is 0.234 e. The molecule has 0 spiro atoms. The van der Waals surface area contributed by atoms with Crippen LogP contribution in [0, 0.1) is 0 Å². The molecule has 0 heterocycles. The van der Waals surface area contributed by atoms with Crippen LogP contribution in [-0.4, -0.2) is 34.0 Å². The molecule has 0 unspecified atom stereocenters. The van der Waals surface area contributed by atoms with Gasteiger partial charge in [-0.05, 0) is 17.7 Å². The molecule has 5 nitrogen and oxygen atoms in total. The van der Waals surface area contributed by atoms with E-state index in [1.54, 1.807) is 27.4 Å². The predicted octanol–water partition coefficient (Wildman–Crippen LogP) is 2.33. The number of nitrogens with zero attached hydrogens (tertiary/aromatic N) is 1. The molecule has 19 heavy (non-hydrogen) atoms. The Bertz CT molecular complexity index is 465. The molecule has 0 saturated carbocycles. The summed E-state index contributed by atoms with van der Waals surface area (Å²) in [5.41, 5.74) is 0.616. The fourth-order valence-electron chi connectivity index (χ4n) is 1.79. The summed E-state index contributed by atoms with van der Waals surface area (Å²) in [7, 11) is 4.69. The molecular weight excluding hydrogens is 246 g/mol. The Hall–Kier alpha value is -2.00. The van der Waals surface area contributed by atoms with E-state index < -0.39 is 0 Å². The van der Waals surface area contributed by atoms with Gasteiger partial charge in [0.05, 0.1) is 27.9 Å². The summed E-state index contributed by atoms with van der Waals surface area (Å²) in [6.45, 7) is 4.30. The van der Waals surface area contributed by atoms with Gasteiger partial charge in [-0.2, -0.15) is 0 Å². The Labute approximate surface area is 113 Å². The molecule has 0 saturated heterocycles. The summed E-state index contributed by atoms with van der Waals surface area (Å²) >= 11 is 0. The SMILES string of the molecule is COc1cc(C(C)(C)CN=C=O)cc(OC)c1OC. The highest BCUT2D eigenvalue weighted by Crippen LogP contribution is 2.41. The van der Waals surface area contributed by atoms with Gasteiger partial charge in [0, 0.05) is 5.41 Å². The highest BCUT2D eigenvalue weighted by molar-refractivity contribution is 5.55. The van der Waals surface area contributed by atoms with Gasteiger partial charge in [-0.15, -0.1) is 0 Å². The van der Waals surface area contributed by atoms with E-state index in [-0.39, 0.29) is 5.41 Å². The molecule has 5 heteroatoms. The zero-order valence-corrected chi connectivity index (χ0v) is 11.9. The van der Waals surface area contributed by atoms with Gasteiger partial charge in [-0.1, -0.05) is 13.8 Å². The molecule has 0 aliphatic rings. The average molecular weight is 265 g/mol. The molecule has 104 valence electrons. The van der Waals surface area contributed by atoms with Gasteiger partial charge in [-0.25, -0.2) is 9.79 Å². The molecule has 0 aliphatic heterocycles. The van der Waals surface area contributed by atoms with Crippen molar-refractivity contribution in [1.82, 2.24) is 0 Å². The number of hydrogen-bond acceptors (Lipinski definition) is 5. The van der Waals surface area contributed by atoms with Crippen molar-refractivity contribution in [2.24, 2.45) is 4.99 Å². The van der Waals surface area contributed by atoms with Crippen LogP contribution in [0.4, 0.5) is 0 Å². The van der Waals surface area contributed by atoms with Crippen LogP contribution in [0.15, 0.2) is 17.1 Å². The van der Waals surface area contributed by atoms with Crippen LogP contribution in [0.25, 0.3) is 0 Å². The summed E-state index contributed by atoms with van der Waals surface area (Å²) < 4.78 is 15.9. The Morgan fingerprint density at radius 2 is 1.63 bits per heavy atom. The van der Waals surface area contributed by atoms with Gasteiger partial charge in [0.25, 0.3) is 0 Å². The smallest absolute Gasteiger partial charge is 0.234 e. The van der Waals surface area contributed by atoms with Crippen LogP contribution < -0.4 is 14.2 Å². The normalized spacial score (nSPS) is 10.6. The molecule has 0 atom stereocenters. The van der Waals surface area contributed by atoms with E-state index in [2.05, 4.69) is 4.99 Å². The van der Waals surface area contributed by atoms with Gasteiger partial charge >= 0.3 is 0 Å². The lowest BCUT2D eigenvalue weighted by Gasteiger charge is -2.24. The number of ether oxygens (including phenoxy) is 3. The molecule has 0 fully saturated rings. The average Bonchev–Trinajstić information content (AvgIpc) is 2.43. The first-order valence-electron chi connectivity index (χ1n) is 5.84. The van der Waals surface area contributed by atoms with E-state index in [4.69, 9.17) is 14.2 Å². The van der Waals surface area contributed by atoms with Crippen LogP contribution in [0.2, 0.25) is 0 Å². The first-order chi connectivity index (χ1) is 9.00. The van der Waals surface area contributed by atoms with Crippen LogP contribution in [0.3, 0.4) is 0 Å². The van der Waals surface area contributed by atoms with Crippen molar-refractivity contribution in [2.75, 3.05) is 27.9 Å².